The number of rotatable bonds is 5. The molecule has 0 saturated carbocycles. The molecule has 26 heavy (non-hydrogen) atoms. The molecule has 1 aliphatic rings. The lowest BCUT2D eigenvalue weighted by atomic mass is 9.97. The number of piperidine rings is 1. The van der Waals surface area contributed by atoms with Gasteiger partial charge in [0.15, 0.2) is 5.76 Å². The molecule has 0 spiro atoms. The average Bonchev–Trinajstić information content (AvgIpc) is 3.39. The maximum absolute atomic E-state index is 12.8. The minimum absolute atomic E-state index is 0.0304. The number of imidazole rings is 1. The van der Waals surface area contributed by atoms with Crippen LogP contribution in [-0.4, -0.2) is 33.9 Å². The van der Waals surface area contributed by atoms with E-state index in [-0.39, 0.29) is 11.8 Å². The SMILES string of the molecule is O=C(c1ccc(CSc2ccccc2)o1)N1CCC[C@H](c2ncc[nH]2)C1. The molecule has 0 radical (unpaired) electrons. The van der Waals surface area contributed by atoms with E-state index in [9.17, 15) is 4.79 Å². The predicted octanol–water partition coefficient (Wildman–Crippen LogP) is 4.31. The molecule has 1 N–H and O–H groups in total. The monoisotopic (exact) mass is 367 g/mol. The van der Waals surface area contributed by atoms with Crippen LogP contribution >= 0.6 is 11.8 Å². The number of H-pyrrole nitrogens is 1. The zero-order valence-electron chi connectivity index (χ0n) is 14.4. The Kier molecular flexibility index (Phi) is 5.11. The van der Waals surface area contributed by atoms with Crippen LogP contribution in [0.5, 0.6) is 0 Å². The third kappa shape index (κ3) is 3.85. The second-order valence-electron chi connectivity index (χ2n) is 6.43. The van der Waals surface area contributed by atoms with Crippen LogP contribution in [0.15, 0.2) is 64.2 Å². The van der Waals surface area contributed by atoms with E-state index < -0.39 is 0 Å². The maximum Gasteiger partial charge on any atom is 0.289 e. The van der Waals surface area contributed by atoms with Gasteiger partial charge in [-0.3, -0.25) is 4.79 Å². The molecule has 1 amide bonds. The van der Waals surface area contributed by atoms with Crippen molar-refractivity contribution >= 4 is 17.7 Å². The van der Waals surface area contributed by atoms with E-state index in [0.29, 0.717) is 18.1 Å². The Bertz CT molecular complexity index is 845. The molecule has 0 unspecified atom stereocenters. The number of furan rings is 1. The Balaban J connectivity index is 1.38. The molecule has 4 rings (SSSR count). The van der Waals surface area contributed by atoms with Crippen LogP contribution in [-0.2, 0) is 5.75 Å². The van der Waals surface area contributed by atoms with Crippen molar-refractivity contribution in [3.63, 3.8) is 0 Å². The summed E-state index contributed by atoms with van der Waals surface area (Å²) in [6, 6.07) is 13.9. The lowest BCUT2D eigenvalue weighted by Gasteiger charge is -2.31. The normalized spacial score (nSPS) is 17.4. The highest BCUT2D eigenvalue weighted by Crippen LogP contribution is 2.27. The van der Waals surface area contributed by atoms with Crippen molar-refractivity contribution in [3.8, 4) is 0 Å². The average molecular weight is 367 g/mol. The lowest BCUT2D eigenvalue weighted by molar-refractivity contribution is 0.0671. The van der Waals surface area contributed by atoms with Gasteiger partial charge >= 0.3 is 0 Å². The molecule has 134 valence electrons. The van der Waals surface area contributed by atoms with E-state index in [0.717, 1.165) is 31.0 Å². The predicted molar refractivity (Wildman–Crippen MR) is 101 cm³/mol. The minimum atomic E-state index is -0.0304. The number of likely N-dealkylation sites (tertiary alicyclic amines) is 1. The molecule has 1 aliphatic heterocycles. The Morgan fingerprint density at radius 3 is 2.96 bits per heavy atom. The van der Waals surface area contributed by atoms with Crippen molar-refractivity contribution < 1.29 is 9.21 Å². The molecule has 3 aromatic rings. The fourth-order valence-corrected chi connectivity index (χ4v) is 4.10. The smallest absolute Gasteiger partial charge is 0.289 e. The second-order valence-corrected chi connectivity index (χ2v) is 7.48. The van der Waals surface area contributed by atoms with Gasteiger partial charge in [0.1, 0.15) is 11.6 Å². The fourth-order valence-electron chi connectivity index (χ4n) is 3.28. The molecule has 0 bridgehead atoms. The number of nitrogens with zero attached hydrogens (tertiary/aromatic N) is 2. The number of aromatic amines is 1. The topological polar surface area (TPSA) is 62.1 Å². The van der Waals surface area contributed by atoms with Crippen molar-refractivity contribution in [1.82, 2.24) is 14.9 Å². The Morgan fingerprint density at radius 1 is 1.27 bits per heavy atom. The highest BCUT2D eigenvalue weighted by Gasteiger charge is 2.28. The summed E-state index contributed by atoms with van der Waals surface area (Å²) in [7, 11) is 0. The number of thioether (sulfide) groups is 1. The van der Waals surface area contributed by atoms with Crippen molar-refractivity contribution in [2.45, 2.75) is 29.4 Å². The summed E-state index contributed by atoms with van der Waals surface area (Å²) in [5.74, 6) is 3.16. The summed E-state index contributed by atoms with van der Waals surface area (Å²) in [5.41, 5.74) is 0. The molecule has 5 nitrogen and oxygen atoms in total. The van der Waals surface area contributed by atoms with Gasteiger partial charge < -0.3 is 14.3 Å². The van der Waals surface area contributed by atoms with E-state index in [1.807, 2.05) is 35.4 Å². The van der Waals surface area contributed by atoms with Crippen molar-refractivity contribution in [2.75, 3.05) is 13.1 Å². The van der Waals surface area contributed by atoms with E-state index in [2.05, 4.69) is 22.1 Å². The first-order valence-corrected chi connectivity index (χ1v) is 9.83. The molecular weight excluding hydrogens is 346 g/mol. The van der Waals surface area contributed by atoms with Gasteiger partial charge in [0.2, 0.25) is 0 Å². The summed E-state index contributed by atoms with van der Waals surface area (Å²) in [6.45, 7) is 1.45. The van der Waals surface area contributed by atoms with Crippen LogP contribution in [0, 0.1) is 0 Å². The van der Waals surface area contributed by atoms with Gasteiger partial charge in [-0.2, -0.15) is 0 Å². The molecule has 1 aromatic carbocycles. The number of hydrogen-bond donors (Lipinski definition) is 1. The maximum atomic E-state index is 12.8. The van der Waals surface area contributed by atoms with Gasteiger partial charge in [-0.25, -0.2) is 4.98 Å². The third-order valence-corrected chi connectivity index (χ3v) is 5.65. The van der Waals surface area contributed by atoms with Gasteiger partial charge in [0, 0.05) is 36.3 Å². The van der Waals surface area contributed by atoms with Crippen molar-refractivity contribution in [3.05, 3.63) is 72.2 Å². The largest absolute Gasteiger partial charge is 0.455 e. The van der Waals surface area contributed by atoms with Crippen molar-refractivity contribution in [1.29, 1.82) is 0 Å². The summed E-state index contributed by atoms with van der Waals surface area (Å²) < 4.78 is 5.81. The molecule has 3 heterocycles. The van der Waals surface area contributed by atoms with Gasteiger partial charge in [0.05, 0.1) is 5.75 Å². The summed E-state index contributed by atoms with van der Waals surface area (Å²) >= 11 is 1.70. The van der Waals surface area contributed by atoms with E-state index in [1.54, 1.807) is 24.0 Å². The highest BCUT2D eigenvalue weighted by molar-refractivity contribution is 7.98. The first kappa shape index (κ1) is 17.0. The number of carbonyl (C=O) groups excluding carboxylic acids is 1. The number of hydrogen-bond acceptors (Lipinski definition) is 4. The van der Waals surface area contributed by atoms with Crippen LogP contribution in [0.1, 0.15) is 40.9 Å². The van der Waals surface area contributed by atoms with Gasteiger partial charge in [-0.15, -0.1) is 11.8 Å². The van der Waals surface area contributed by atoms with Crippen LogP contribution in [0.4, 0.5) is 0 Å². The van der Waals surface area contributed by atoms with Crippen LogP contribution < -0.4 is 0 Å². The highest BCUT2D eigenvalue weighted by atomic mass is 32.2. The quantitative estimate of drug-likeness (QED) is 0.683. The van der Waals surface area contributed by atoms with Crippen LogP contribution in [0.25, 0.3) is 0 Å². The Labute approximate surface area is 156 Å². The molecule has 0 aliphatic carbocycles. The van der Waals surface area contributed by atoms with Gasteiger partial charge in [-0.05, 0) is 37.1 Å². The number of benzene rings is 1. The molecular formula is C20H21N3O2S. The number of carbonyl (C=O) groups is 1. The van der Waals surface area contributed by atoms with Crippen molar-refractivity contribution in [2.24, 2.45) is 0 Å². The molecule has 1 saturated heterocycles. The van der Waals surface area contributed by atoms with Crippen LogP contribution in [0.2, 0.25) is 0 Å². The minimum Gasteiger partial charge on any atom is -0.455 e. The van der Waals surface area contributed by atoms with E-state index in [4.69, 9.17) is 4.42 Å². The first-order chi connectivity index (χ1) is 12.8. The Morgan fingerprint density at radius 2 is 2.15 bits per heavy atom. The lowest BCUT2D eigenvalue weighted by Crippen LogP contribution is -2.39. The van der Waals surface area contributed by atoms with E-state index in [1.165, 1.54) is 4.90 Å². The second kappa shape index (κ2) is 7.83. The standard InChI is InChI=1S/C20H21N3O2S/c24-20(23-12-4-5-15(13-23)19-21-10-11-22-19)18-9-8-16(25-18)14-26-17-6-2-1-3-7-17/h1-3,6-11,15H,4-5,12-14H2,(H,21,22)/t15-/m0/s1. The van der Waals surface area contributed by atoms with Crippen LogP contribution in [0.3, 0.4) is 0 Å². The molecule has 6 heteroatoms. The Hall–Kier alpha value is -2.47. The molecule has 2 aromatic heterocycles. The summed E-state index contributed by atoms with van der Waals surface area (Å²) in [5, 5.41) is 0. The third-order valence-electron chi connectivity index (χ3n) is 4.61. The zero-order chi connectivity index (χ0) is 17.8. The van der Waals surface area contributed by atoms with Gasteiger partial charge in [-0.1, -0.05) is 18.2 Å². The number of aromatic nitrogens is 2. The summed E-state index contributed by atoms with van der Waals surface area (Å²) in [4.78, 5) is 23.4. The first-order valence-electron chi connectivity index (χ1n) is 8.85. The van der Waals surface area contributed by atoms with E-state index >= 15 is 0 Å². The molecule has 1 atom stereocenters. The number of amides is 1. The molecule has 1 fully saturated rings. The summed E-state index contributed by atoms with van der Waals surface area (Å²) in [6.07, 6.45) is 5.63. The van der Waals surface area contributed by atoms with Gasteiger partial charge in [0.25, 0.3) is 5.91 Å². The number of nitrogens with one attached hydrogen (secondary N) is 1. The zero-order valence-corrected chi connectivity index (χ0v) is 15.2. The fraction of sp³-hybridized carbons (Fsp3) is 0.300.